The molecule has 0 aliphatic carbocycles. The molecule has 4 rings (SSSR count). The molecule has 0 radical (unpaired) electrons. The number of imidazole rings is 1. The van der Waals surface area contributed by atoms with Gasteiger partial charge < -0.3 is 19.4 Å². The first kappa shape index (κ1) is 14.4. The van der Waals surface area contributed by atoms with Gasteiger partial charge in [-0.2, -0.15) is 0 Å². The van der Waals surface area contributed by atoms with Crippen molar-refractivity contribution in [1.29, 1.82) is 0 Å². The lowest BCUT2D eigenvalue weighted by Crippen LogP contribution is -2.44. The van der Waals surface area contributed by atoms with Crippen LogP contribution in [-0.4, -0.2) is 41.8 Å². The zero-order valence-electron chi connectivity index (χ0n) is 13.0. The second-order valence-electron chi connectivity index (χ2n) is 5.62. The summed E-state index contributed by atoms with van der Waals surface area (Å²) in [6.07, 6.45) is 7.07. The second-order valence-corrected chi connectivity index (χ2v) is 5.62. The van der Waals surface area contributed by atoms with E-state index >= 15 is 0 Å². The Bertz CT molecular complexity index is 840. The van der Waals surface area contributed by atoms with Crippen molar-refractivity contribution in [1.82, 2.24) is 34.5 Å². The Morgan fingerprint density at radius 2 is 2.12 bits per heavy atom. The molecule has 0 spiro atoms. The molecule has 1 aliphatic heterocycles. The van der Waals surface area contributed by atoms with Gasteiger partial charge in [0.1, 0.15) is 6.33 Å². The zero-order chi connectivity index (χ0) is 16.4. The van der Waals surface area contributed by atoms with Gasteiger partial charge in [0.25, 0.3) is 0 Å². The molecule has 8 heteroatoms. The summed E-state index contributed by atoms with van der Waals surface area (Å²) in [5.41, 5.74) is 2.04. The molecule has 122 valence electrons. The standard InChI is InChI=1S/C16H17N7O/c24-16(21-7-8-23-12-19-20-15(23)10-21)18-9-13-3-1-2-4-14(13)22-6-5-17-11-22/h1-6,11-12H,7-10H2,(H,18,24). The molecular weight excluding hydrogens is 306 g/mol. The maximum absolute atomic E-state index is 12.4. The van der Waals surface area contributed by atoms with Crippen LogP contribution in [0, 0.1) is 0 Å². The van der Waals surface area contributed by atoms with E-state index in [0.717, 1.165) is 23.6 Å². The lowest BCUT2D eigenvalue weighted by atomic mass is 10.1. The van der Waals surface area contributed by atoms with E-state index in [1.165, 1.54) is 0 Å². The summed E-state index contributed by atoms with van der Waals surface area (Å²) in [6, 6.07) is 7.85. The summed E-state index contributed by atoms with van der Waals surface area (Å²) >= 11 is 0. The van der Waals surface area contributed by atoms with Crippen LogP contribution in [0.4, 0.5) is 4.79 Å². The van der Waals surface area contributed by atoms with Crippen LogP contribution >= 0.6 is 0 Å². The number of carbonyl (C=O) groups is 1. The van der Waals surface area contributed by atoms with Crippen LogP contribution in [0.3, 0.4) is 0 Å². The Balaban J connectivity index is 1.44. The molecule has 3 heterocycles. The van der Waals surface area contributed by atoms with Gasteiger partial charge in [-0.3, -0.25) is 0 Å². The van der Waals surface area contributed by atoms with Gasteiger partial charge in [-0.05, 0) is 11.6 Å². The van der Waals surface area contributed by atoms with E-state index in [2.05, 4.69) is 20.5 Å². The number of amides is 2. The molecule has 1 N–H and O–H groups in total. The molecular formula is C16H17N7O. The fourth-order valence-electron chi connectivity index (χ4n) is 2.84. The fraction of sp³-hybridized carbons (Fsp3) is 0.250. The average Bonchev–Trinajstić information content (AvgIpc) is 3.30. The molecule has 8 nitrogen and oxygen atoms in total. The number of carbonyl (C=O) groups excluding carboxylic acids is 1. The summed E-state index contributed by atoms with van der Waals surface area (Å²) < 4.78 is 3.91. The van der Waals surface area contributed by atoms with Crippen LogP contribution < -0.4 is 5.32 Å². The van der Waals surface area contributed by atoms with Crippen molar-refractivity contribution in [3.63, 3.8) is 0 Å². The molecule has 3 aromatic rings. The number of fused-ring (bicyclic) bond motifs is 1. The molecule has 24 heavy (non-hydrogen) atoms. The second kappa shape index (κ2) is 6.15. The van der Waals surface area contributed by atoms with E-state index in [4.69, 9.17) is 0 Å². The smallest absolute Gasteiger partial charge is 0.318 e. The quantitative estimate of drug-likeness (QED) is 0.785. The SMILES string of the molecule is O=C(NCc1ccccc1-n1ccnc1)N1CCn2cnnc2C1. The Hall–Kier alpha value is -3.16. The summed E-state index contributed by atoms with van der Waals surface area (Å²) in [4.78, 5) is 18.3. The van der Waals surface area contributed by atoms with Crippen LogP contribution in [0.15, 0.2) is 49.3 Å². The van der Waals surface area contributed by atoms with Gasteiger partial charge in [0.2, 0.25) is 0 Å². The lowest BCUT2D eigenvalue weighted by Gasteiger charge is -2.27. The van der Waals surface area contributed by atoms with Gasteiger partial charge in [-0.15, -0.1) is 10.2 Å². The highest BCUT2D eigenvalue weighted by Gasteiger charge is 2.21. The summed E-state index contributed by atoms with van der Waals surface area (Å²) in [7, 11) is 0. The van der Waals surface area contributed by atoms with Gasteiger partial charge in [0.05, 0.1) is 18.6 Å². The summed E-state index contributed by atoms with van der Waals surface area (Å²) in [5.74, 6) is 0.815. The molecule has 1 aromatic carbocycles. The van der Waals surface area contributed by atoms with E-state index in [-0.39, 0.29) is 6.03 Å². The van der Waals surface area contributed by atoms with E-state index < -0.39 is 0 Å². The number of hydrogen-bond acceptors (Lipinski definition) is 4. The van der Waals surface area contributed by atoms with Gasteiger partial charge in [-0.25, -0.2) is 9.78 Å². The molecule has 0 bridgehead atoms. The molecule has 0 saturated heterocycles. The third-order valence-electron chi connectivity index (χ3n) is 4.13. The van der Waals surface area contributed by atoms with E-state index in [1.807, 2.05) is 39.6 Å². The Labute approximate surface area is 138 Å². The van der Waals surface area contributed by atoms with Crippen molar-refractivity contribution in [2.75, 3.05) is 6.54 Å². The number of urea groups is 1. The highest BCUT2D eigenvalue weighted by atomic mass is 16.2. The van der Waals surface area contributed by atoms with Crippen molar-refractivity contribution in [3.8, 4) is 5.69 Å². The lowest BCUT2D eigenvalue weighted by molar-refractivity contribution is 0.181. The number of rotatable bonds is 3. The number of nitrogens with zero attached hydrogens (tertiary/aromatic N) is 6. The first-order chi connectivity index (χ1) is 11.8. The number of hydrogen-bond donors (Lipinski definition) is 1. The average molecular weight is 323 g/mol. The molecule has 0 fully saturated rings. The number of benzene rings is 1. The fourth-order valence-corrected chi connectivity index (χ4v) is 2.84. The van der Waals surface area contributed by atoms with Gasteiger partial charge in [0.15, 0.2) is 5.82 Å². The van der Waals surface area contributed by atoms with E-state index in [9.17, 15) is 4.79 Å². The highest BCUT2D eigenvalue weighted by Crippen LogP contribution is 2.14. The minimum absolute atomic E-state index is 0.0929. The van der Waals surface area contributed by atoms with Crippen molar-refractivity contribution in [3.05, 3.63) is 60.7 Å². The predicted molar refractivity (Wildman–Crippen MR) is 86.2 cm³/mol. The molecule has 1 aliphatic rings. The highest BCUT2D eigenvalue weighted by molar-refractivity contribution is 5.74. The molecule has 2 amide bonds. The number of aromatic nitrogens is 5. The molecule has 0 unspecified atom stereocenters. The largest absolute Gasteiger partial charge is 0.334 e. The monoisotopic (exact) mass is 323 g/mol. The van der Waals surface area contributed by atoms with Gasteiger partial charge >= 0.3 is 6.03 Å². The normalized spacial score (nSPS) is 13.6. The maximum atomic E-state index is 12.4. The van der Waals surface area contributed by atoms with Crippen LogP contribution in [0.25, 0.3) is 5.69 Å². The van der Waals surface area contributed by atoms with Gasteiger partial charge in [0, 0.05) is 32.0 Å². The van der Waals surface area contributed by atoms with E-state index in [1.54, 1.807) is 23.8 Å². The first-order valence-corrected chi connectivity index (χ1v) is 7.77. The van der Waals surface area contributed by atoms with Crippen molar-refractivity contribution < 1.29 is 4.79 Å². The van der Waals surface area contributed by atoms with Crippen molar-refractivity contribution >= 4 is 6.03 Å². The van der Waals surface area contributed by atoms with Crippen LogP contribution in [0.2, 0.25) is 0 Å². The minimum atomic E-state index is -0.0929. The van der Waals surface area contributed by atoms with Crippen LogP contribution in [0.1, 0.15) is 11.4 Å². The topological polar surface area (TPSA) is 80.9 Å². The van der Waals surface area contributed by atoms with Crippen LogP contribution in [0.5, 0.6) is 0 Å². The van der Waals surface area contributed by atoms with E-state index in [0.29, 0.717) is 19.6 Å². The number of nitrogens with one attached hydrogen (secondary N) is 1. The first-order valence-electron chi connectivity index (χ1n) is 7.77. The van der Waals surface area contributed by atoms with Crippen LogP contribution in [-0.2, 0) is 19.6 Å². The summed E-state index contributed by atoms with van der Waals surface area (Å²) in [5, 5.41) is 10.9. The zero-order valence-corrected chi connectivity index (χ0v) is 13.0. The third kappa shape index (κ3) is 2.73. The molecule has 0 saturated carbocycles. The van der Waals surface area contributed by atoms with Gasteiger partial charge in [-0.1, -0.05) is 18.2 Å². The van der Waals surface area contributed by atoms with Crippen molar-refractivity contribution in [2.24, 2.45) is 0 Å². The molecule has 0 atom stereocenters. The Morgan fingerprint density at radius 3 is 3.00 bits per heavy atom. The maximum Gasteiger partial charge on any atom is 0.318 e. The predicted octanol–water partition coefficient (Wildman–Crippen LogP) is 1.19. The third-order valence-corrected chi connectivity index (χ3v) is 4.13. The molecule has 2 aromatic heterocycles. The Morgan fingerprint density at radius 1 is 1.21 bits per heavy atom. The van der Waals surface area contributed by atoms with Crippen molar-refractivity contribution in [2.45, 2.75) is 19.6 Å². The number of para-hydroxylation sites is 1. The Kier molecular flexibility index (Phi) is 3.70. The summed E-state index contributed by atoms with van der Waals surface area (Å²) in [6.45, 7) is 2.31. The minimum Gasteiger partial charge on any atom is -0.334 e.